The van der Waals surface area contributed by atoms with Gasteiger partial charge >= 0.3 is 5.97 Å². The Morgan fingerprint density at radius 1 is 1.03 bits per heavy atom. The summed E-state index contributed by atoms with van der Waals surface area (Å²) < 4.78 is 34.4. The maximum Gasteiger partial charge on any atom is 0.339 e. The highest BCUT2D eigenvalue weighted by Gasteiger charge is 2.19. The zero-order chi connectivity index (χ0) is 24.7. The van der Waals surface area contributed by atoms with E-state index in [1.807, 2.05) is 0 Å². The highest BCUT2D eigenvalue weighted by Crippen LogP contribution is 2.36. The number of methoxy groups -OCH3 is 1. The maximum absolute atomic E-state index is 14.6. The van der Waals surface area contributed by atoms with Crippen molar-refractivity contribution in [2.45, 2.75) is 0 Å². The number of nitrogens with one attached hydrogen (secondary N) is 1. The number of carboxylic acids is 1. The number of halogens is 3. The molecule has 10 heteroatoms. The predicted molar refractivity (Wildman–Crippen MR) is 128 cm³/mol. The molecule has 35 heavy (non-hydrogen) atoms. The number of anilines is 2. The number of rotatable bonds is 5. The Kier molecular flexibility index (Phi) is 5.62. The van der Waals surface area contributed by atoms with Gasteiger partial charge in [-0.3, -0.25) is 0 Å². The fourth-order valence-corrected chi connectivity index (χ4v) is 3.98. The molecule has 0 aliphatic heterocycles. The van der Waals surface area contributed by atoms with Crippen LogP contribution in [0.5, 0.6) is 5.75 Å². The minimum atomic E-state index is -1.12. The molecule has 0 fully saturated rings. The Morgan fingerprint density at radius 2 is 1.80 bits per heavy atom. The molecule has 174 valence electrons. The molecule has 5 rings (SSSR count). The Balaban J connectivity index is 1.66. The van der Waals surface area contributed by atoms with E-state index in [0.29, 0.717) is 32.5 Å². The summed E-state index contributed by atoms with van der Waals surface area (Å²) in [6.45, 7) is 0. The van der Waals surface area contributed by atoms with Gasteiger partial charge in [0.2, 0.25) is 5.95 Å². The lowest BCUT2D eigenvalue weighted by Gasteiger charge is -2.13. The van der Waals surface area contributed by atoms with Crippen molar-refractivity contribution in [3.63, 3.8) is 0 Å². The normalized spacial score (nSPS) is 11.1. The summed E-state index contributed by atoms with van der Waals surface area (Å²) in [6.07, 6.45) is 1.43. The van der Waals surface area contributed by atoms with Crippen molar-refractivity contribution >= 4 is 51.0 Å². The highest BCUT2D eigenvalue weighted by atomic mass is 35.5. The van der Waals surface area contributed by atoms with Crippen LogP contribution >= 0.6 is 11.6 Å². The predicted octanol–water partition coefficient (Wildman–Crippen LogP) is 6.23. The minimum Gasteiger partial charge on any atom is -0.496 e. The number of fused-ring (bicyclic) bond motifs is 3. The summed E-state index contributed by atoms with van der Waals surface area (Å²) in [5, 5.41) is 13.6. The van der Waals surface area contributed by atoms with E-state index in [9.17, 15) is 18.7 Å². The average molecular weight is 493 g/mol. The van der Waals surface area contributed by atoms with Crippen LogP contribution in [-0.2, 0) is 0 Å². The second-order valence-corrected chi connectivity index (χ2v) is 7.96. The number of hydrogen-bond acceptors (Lipinski definition) is 6. The highest BCUT2D eigenvalue weighted by molar-refractivity contribution is 6.31. The van der Waals surface area contributed by atoms with Crippen molar-refractivity contribution in [3.8, 4) is 17.0 Å². The summed E-state index contributed by atoms with van der Waals surface area (Å²) in [5.74, 6) is -2.26. The second-order valence-electron chi connectivity index (χ2n) is 7.52. The Bertz CT molecular complexity index is 1630. The van der Waals surface area contributed by atoms with E-state index in [2.05, 4.69) is 20.3 Å². The first kappa shape index (κ1) is 22.4. The zero-order valence-electron chi connectivity index (χ0n) is 18.0. The fourth-order valence-electron chi connectivity index (χ4n) is 3.80. The molecule has 0 spiro atoms. The summed E-state index contributed by atoms with van der Waals surface area (Å²) in [4.78, 5) is 24.6. The van der Waals surface area contributed by atoms with E-state index in [-0.39, 0.29) is 28.5 Å². The van der Waals surface area contributed by atoms with Crippen LogP contribution in [-0.4, -0.2) is 33.1 Å². The van der Waals surface area contributed by atoms with Crippen LogP contribution in [0, 0.1) is 11.6 Å². The number of aromatic carboxylic acids is 1. The third-order valence-corrected chi connectivity index (χ3v) is 5.62. The summed E-state index contributed by atoms with van der Waals surface area (Å²) in [6, 6.07) is 13.0. The van der Waals surface area contributed by atoms with Crippen LogP contribution in [0.25, 0.3) is 33.1 Å². The summed E-state index contributed by atoms with van der Waals surface area (Å²) >= 11 is 6.20. The van der Waals surface area contributed by atoms with Crippen molar-refractivity contribution in [1.82, 2.24) is 15.0 Å². The molecule has 0 aliphatic carbocycles. The third-order valence-electron chi connectivity index (χ3n) is 5.38. The fraction of sp³-hybridized carbons (Fsp3) is 0.0400. The van der Waals surface area contributed by atoms with Crippen LogP contribution in [0.1, 0.15) is 10.4 Å². The van der Waals surface area contributed by atoms with Gasteiger partial charge in [-0.1, -0.05) is 23.7 Å². The molecule has 3 aromatic carbocycles. The molecule has 2 aromatic heterocycles. The van der Waals surface area contributed by atoms with Gasteiger partial charge < -0.3 is 15.2 Å². The lowest BCUT2D eigenvalue weighted by molar-refractivity contribution is 0.0693. The second kappa shape index (κ2) is 8.77. The van der Waals surface area contributed by atoms with Crippen molar-refractivity contribution < 1.29 is 23.4 Å². The van der Waals surface area contributed by atoms with E-state index >= 15 is 0 Å². The molecule has 5 aromatic rings. The lowest BCUT2D eigenvalue weighted by Crippen LogP contribution is -2.03. The van der Waals surface area contributed by atoms with E-state index in [1.165, 1.54) is 31.5 Å². The first-order chi connectivity index (χ1) is 16.9. The van der Waals surface area contributed by atoms with Crippen molar-refractivity contribution in [2.75, 3.05) is 12.4 Å². The van der Waals surface area contributed by atoms with Gasteiger partial charge in [0.25, 0.3) is 0 Å². The molecule has 7 nitrogen and oxygen atoms in total. The van der Waals surface area contributed by atoms with Gasteiger partial charge in [-0.25, -0.2) is 28.5 Å². The monoisotopic (exact) mass is 492 g/mol. The van der Waals surface area contributed by atoms with E-state index in [4.69, 9.17) is 16.3 Å². The molecular weight excluding hydrogens is 478 g/mol. The Hall–Kier alpha value is -4.37. The summed E-state index contributed by atoms with van der Waals surface area (Å²) in [7, 11) is 1.37. The molecule has 2 heterocycles. The van der Waals surface area contributed by atoms with Crippen LogP contribution < -0.4 is 10.1 Å². The number of benzene rings is 3. The van der Waals surface area contributed by atoms with Crippen LogP contribution in [0.3, 0.4) is 0 Å². The molecule has 0 atom stereocenters. The Labute approximate surface area is 202 Å². The van der Waals surface area contributed by atoms with Gasteiger partial charge in [0, 0.05) is 27.5 Å². The first-order valence-corrected chi connectivity index (χ1v) is 10.6. The van der Waals surface area contributed by atoms with E-state index in [1.54, 1.807) is 24.3 Å². The van der Waals surface area contributed by atoms with Crippen molar-refractivity contribution in [1.29, 1.82) is 0 Å². The zero-order valence-corrected chi connectivity index (χ0v) is 18.8. The molecular formula is C25H15ClF2N4O3. The van der Waals surface area contributed by atoms with Gasteiger partial charge in [-0.15, -0.1) is 0 Å². The maximum atomic E-state index is 14.6. The largest absolute Gasteiger partial charge is 0.496 e. The molecule has 0 saturated heterocycles. The minimum absolute atomic E-state index is 0.0115. The van der Waals surface area contributed by atoms with E-state index < -0.39 is 17.6 Å². The number of ether oxygens (including phenoxy) is 1. The van der Waals surface area contributed by atoms with Crippen LogP contribution in [0.15, 0.2) is 60.8 Å². The molecule has 2 N–H and O–H groups in total. The van der Waals surface area contributed by atoms with E-state index in [0.717, 1.165) is 12.1 Å². The molecule has 0 aliphatic rings. The van der Waals surface area contributed by atoms with Crippen molar-refractivity contribution in [3.05, 3.63) is 83.0 Å². The van der Waals surface area contributed by atoms with Gasteiger partial charge in [-0.2, -0.15) is 0 Å². The number of hydrogen-bond donors (Lipinski definition) is 2. The van der Waals surface area contributed by atoms with Gasteiger partial charge in [-0.05, 0) is 36.4 Å². The Morgan fingerprint density at radius 3 is 2.51 bits per heavy atom. The average Bonchev–Trinajstić information content (AvgIpc) is 2.83. The lowest BCUT2D eigenvalue weighted by atomic mass is 10.0. The van der Waals surface area contributed by atoms with Gasteiger partial charge in [0.1, 0.15) is 34.0 Å². The standard InChI is InChI=1S/C25H15ClF2N4O3/c1-35-20-10-13(6-8-15(20)24(33)34)30-25-29-11-19-22(32-25)14-7-5-12(26)9-16(14)23(31-19)21-17(27)3-2-4-18(21)28/h2-11H,1H3,(H,33,34)(H,29,30,32). The molecule has 0 saturated carbocycles. The SMILES string of the molecule is COc1cc(Nc2ncc3nc(-c4c(F)cccc4F)c4cc(Cl)ccc4c3n2)ccc1C(=O)O. The number of carboxylic acid groups (broad SMARTS) is 1. The molecule has 0 amide bonds. The molecule has 0 radical (unpaired) electrons. The topological polar surface area (TPSA) is 97.2 Å². The number of carbonyl (C=O) groups is 1. The van der Waals surface area contributed by atoms with Crippen molar-refractivity contribution in [2.24, 2.45) is 0 Å². The smallest absolute Gasteiger partial charge is 0.339 e. The van der Waals surface area contributed by atoms with Crippen LogP contribution in [0.2, 0.25) is 5.02 Å². The number of nitrogens with zero attached hydrogens (tertiary/aromatic N) is 3. The first-order valence-electron chi connectivity index (χ1n) is 10.2. The molecule has 0 unspecified atom stereocenters. The van der Waals surface area contributed by atoms with Gasteiger partial charge in [0.15, 0.2) is 0 Å². The number of pyridine rings is 1. The quantitative estimate of drug-likeness (QED) is 0.281. The van der Waals surface area contributed by atoms with Gasteiger partial charge in [0.05, 0.1) is 24.6 Å². The van der Waals surface area contributed by atoms with Crippen LogP contribution in [0.4, 0.5) is 20.4 Å². The number of aromatic nitrogens is 3. The summed E-state index contributed by atoms with van der Waals surface area (Å²) in [5.41, 5.74) is 1.08. The molecule has 0 bridgehead atoms. The third kappa shape index (κ3) is 4.06.